The van der Waals surface area contributed by atoms with Gasteiger partial charge in [0.25, 0.3) is 5.91 Å². The minimum atomic E-state index is -0.316. The molecule has 0 aliphatic carbocycles. The second-order valence-electron chi connectivity index (χ2n) is 5.22. The molecule has 0 aliphatic heterocycles. The van der Waals surface area contributed by atoms with Crippen LogP contribution in [-0.4, -0.2) is 18.0 Å². The highest BCUT2D eigenvalue weighted by Gasteiger charge is 2.09. The number of pyridine rings is 1. The number of nitrogens with zero attached hydrogens (tertiary/aromatic N) is 1. The fourth-order valence-electron chi connectivity index (χ4n) is 2.19. The molecule has 25 heavy (non-hydrogen) atoms. The van der Waals surface area contributed by atoms with E-state index in [1.165, 1.54) is 0 Å². The van der Waals surface area contributed by atoms with Crippen molar-refractivity contribution in [3.05, 3.63) is 77.6 Å². The van der Waals surface area contributed by atoms with Crippen LogP contribution in [0.4, 0.5) is 17.1 Å². The molecule has 2 aromatic carbocycles. The fourth-order valence-corrected chi connectivity index (χ4v) is 2.38. The lowest BCUT2D eigenvalue weighted by Crippen LogP contribution is -2.13. The molecule has 6 heteroatoms. The van der Waals surface area contributed by atoms with Crippen molar-refractivity contribution in [2.45, 2.75) is 0 Å². The summed E-state index contributed by atoms with van der Waals surface area (Å²) in [5.41, 5.74) is 2.53. The van der Waals surface area contributed by atoms with Gasteiger partial charge in [0.2, 0.25) is 0 Å². The van der Waals surface area contributed by atoms with Gasteiger partial charge in [0.1, 0.15) is 11.4 Å². The van der Waals surface area contributed by atoms with E-state index in [1.54, 1.807) is 49.7 Å². The molecule has 3 rings (SSSR count). The van der Waals surface area contributed by atoms with Gasteiger partial charge in [-0.25, -0.2) is 4.98 Å². The van der Waals surface area contributed by atoms with E-state index in [0.29, 0.717) is 16.4 Å². The molecule has 1 heterocycles. The standard InChI is InChI=1S/C19H16ClN3O2/c1-25-15-9-6-13(7-10-15)22-14-8-11-18(21-12-14)19(24)23-17-5-3-2-4-16(17)20/h2-12,22H,1H3,(H,23,24). The molecular formula is C19H16ClN3O2. The van der Waals surface area contributed by atoms with Crippen LogP contribution >= 0.6 is 11.6 Å². The summed E-state index contributed by atoms with van der Waals surface area (Å²) in [6, 6.07) is 18.0. The zero-order valence-electron chi connectivity index (χ0n) is 13.5. The van der Waals surface area contributed by atoms with Gasteiger partial charge in [-0.05, 0) is 48.5 Å². The van der Waals surface area contributed by atoms with Crippen molar-refractivity contribution < 1.29 is 9.53 Å². The number of rotatable bonds is 5. The van der Waals surface area contributed by atoms with Crippen molar-refractivity contribution in [3.63, 3.8) is 0 Å². The molecule has 2 N–H and O–H groups in total. The first-order valence-electron chi connectivity index (χ1n) is 7.59. The van der Waals surface area contributed by atoms with Gasteiger partial charge < -0.3 is 15.4 Å². The number of anilines is 3. The average Bonchev–Trinajstić information content (AvgIpc) is 2.65. The predicted octanol–water partition coefficient (Wildman–Crippen LogP) is 4.74. The number of aromatic nitrogens is 1. The molecule has 5 nitrogen and oxygen atoms in total. The quantitative estimate of drug-likeness (QED) is 0.695. The first-order chi connectivity index (χ1) is 12.2. The van der Waals surface area contributed by atoms with Gasteiger partial charge in [-0.15, -0.1) is 0 Å². The number of nitrogens with one attached hydrogen (secondary N) is 2. The van der Waals surface area contributed by atoms with Crippen LogP contribution in [0, 0.1) is 0 Å². The molecule has 1 amide bonds. The Morgan fingerprint density at radius 3 is 2.36 bits per heavy atom. The molecule has 0 unspecified atom stereocenters. The maximum Gasteiger partial charge on any atom is 0.274 e. The predicted molar refractivity (Wildman–Crippen MR) is 99.9 cm³/mol. The first-order valence-corrected chi connectivity index (χ1v) is 7.96. The Balaban J connectivity index is 1.67. The van der Waals surface area contributed by atoms with Crippen molar-refractivity contribution in [3.8, 4) is 5.75 Å². The number of hydrogen-bond donors (Lipinski definition) is 2. The number of halogens is 1. The van der Waals surface area contributed by atoms with E-state index in [1.807, 2.05) is 24.3 Å². The number of amides is 1. The van der Waals surface area contributed by atoms with Gasteiger partial charge in [0, 0.05) is 5.69 Å². The summed E-state index contributed by atoms with van der Waals surface area (Å²) in [5, 5.41) is 6.43. The fraction of sp³-hybridized carbons (Fsp3) is 0.0526. The normalized spacial score (nSPS) is 10.2. The lowest BCUT2D eigenvalue weighted by atomic mass is 10.2. The highest BCUT2D eigenvalue weighted by Crippen LogP contribution is 2.22. The minimum absolute atomic E-state index is 0.306. The summed E-state index contributed by atoms with van der Waals surface area (Å²) < 4.78 is 5.12. The Kier molecular flexibility index (Phi) is 5.16. The number of carbonyl (C=O) groups is 1. The molecular weight excluding hydrogens is 338 g/mol. The molecule has 0 radical (unpaired) electrons. The largest absolute Gasteiger partial charge is 0.497 e. The van der Waals surface area contributed by atoms with Gasteiger partial charge in [-0.3, -0.25) is 4.79 Å². The van der Waals surface area contributed by atoms with Gasteiger partial charge in [-0.2, -0.15) is 0 Å². The molecule has 126 valence electrons. The second-order valence-corrected chi connectivity index (χ2v) is 5.63. The molecule has 0 atom stereocenters. The van der Waals surface area contributed by atoms with E-state index >= 15 is 0 Å². The van der Waals surface area contributed by atoms with Crippen LogP contribution in [0.1, 0.15) is 10.5 Å². The SMILES string of the molecule is COc1ccc(Nc2ccc(C(=O)Nc3ccccc3Cl)nc2)cc1. The highest BCUT2D eigenvalue weighted by atomic mass is 35.5. The van der Waals surface area contributed by atoms with Crippen molar-refractivity contribution >= 4 is 34.6 Å². The second kappa shape index (κ2) is 7.68. The Morgan fingerprint density at radius 2 is 1.72 bits per heavy atom. The maximum absolute atomic E-state index is 12.2. The van der Waals surface area contributed by atoms with Crippen molar-refractivity contribution in [2.75, 3.05) is 17.7 Å². The molecule has 0 fully saturated rings. The molecule has 3 aromatic rings. The minimum Gasteiger partial charge on any atom is -0.497 e. The van der Waals surface area contributed by atoms with Crippen LogP contribution in [0.25, 0.3) is 0 Å². The van der Waals surface area contributed by atoms with Gasteiger partial charge >= 0.3 is 0 Å². The van der Waals surface area contributed by atoms with Crippen LogP contribution < -0.4 is 15.4 Å². The summed E-state index contributed by atoms with van der Waals surface area (Å²) in [5.74, 6) is 0.472. The number of carbonyl (C=O) groups excluding carboxylic acids is 1. The third-order valence-electron chi connectivity index (χ3n) is 3.50. The van der Waals surface area contributed by atoms with Crippen molar-refractivity contribution in [1.82, 2.24) is 4.98 Å². The van der Waals surface area contributed by atoms with Crippen LogP contribution in [-0.2, 0) is 0 Å². The van der Waals surface area contributed by atoms with Crippen molar-refractivity contribution in [1.29, 1.82) is 0 Å². The third kappa shape index (κ3) is 4.28. The first kappa shape index (κ1) is 16.8. The monoisotopic (exact) mass is 353 g/mol. The molecule has 1 aromatic heterocycles. The summed E-state index contributed by atoms with van der Waals surface area (Å²) >= 11 is 6.04. The van der Waals surface area contributed by atoms with E-state index < -0.39 is 0 Å². The zero-order valence-corrected chi connectivity index (χ0v) is 14.2. The number of hydrogen-bond acceptors (Lipinski definition) is 4. The summed E-state index contributed by atoms with van der Waals surface area (Å²) in [4.78, 5) is 16.4. The van der Waals surface area contributed by atoms with E-state index in [2.05, 4.69) is 15.6 Å². The van der Waals surface area contributed by atoms with E-state index in [0.717, 1.165) is 17.1 Å². The Hall–Kier alpha value is -3.05. The molecule has 0 bridgehead atoms. The van der Waals surface area contributed by atoms with Crippen molar-refractivity contribution in [2.24, 2.45) is 0 Å². The average molecular weight is 354 g/mol. The molecule has 0 saturated carbocycles. The van der Waals surface area contributed by atoms with Crippen LogP contribution in [0.5, 0.6) is 5.75 Å². The van der Waals surface area contributed by atoms with E-state index in [9.17, 15) is 4.79 Å². The molecule has 0 aliphatic rings. The van der Waals surface area contributed by atoms with E-state index in [4.69, 9.17) is 16.3 Å². The Morgan fingerprint density at radius 1 is 1.00 bits per heavy atom. The number of benzene rings is 2. The number of para-hydroxylation sites is 1. The number of methoxy groups -OCH3 is 1. The zero-order chi connectivity index (χ0) is 17.6. The molecule has 0 saturated heterocycles. The van der Waals surface area contributed by atoms with E-state index in [-0.39, 0.29) is 5.91 Å². The summed E-state index contributed by atoms with van der Waals surface area (Å²) in [6.45, 7) is 0. The van der Waals surface area contributed by atoms with Crippen LogP contribution in [0.3, 0.4) is 0 Å². The van der Waals surface area contributed by atoms with Gasteiger partial charge in [-0.1, -0.05) is 23.7 Å². The highest BCUT2D eigenvalue weighted by molar-refractivity contribution is 6.33. The van der Waals surface area contributed by atoms with Crippen LogP contribution in [0.2, 0.25) is 5.02 Å². The van der Waals surface area contributed by atoms with Gasteiger partial charge in [0.15, 0.2) is 0 Å². The Bertz CT molecular complexity index is 865. The number of ether oxygens (including phenoxy) is 1. The smallest absolute Gasteiger partial charge is 0.274 e. The molecule has 0 spiro atoms. The lowest BCUT2D eigenvalue weighted by Gasteiger charge is -2.09. The summed E-state index contributed by atoms with van der Waals surface area (Å²) in [6.07, 6.45) is 1.60. The Labute approximate surface area is 150 Å². The lowest BCUT2D eigenvalue weighted by molar-refractivity contribution is 0.102. The summed E-state index contributed by atoms with van der Waals surface area (Å²) in [7, 11) is 1.62. The maximum atomic E-state index is 12.2. The van der Waals surface area contributed by atoms with Gasteiger partial charge in [0.05, 0.1) is 29.7 Å². The van der Waals surface area contributed by atoms with Crippen LogP contribution in [0.15, 0.2) is 66.9 Å². The topological polar surface area (TPSA) is 63.2 Å². The third-order valence-corrected chi connectivity index (χ3v) is 3.83.